The van der Waals surface area contributed by atoms with Gasteiger partial charge < -0.3 is 19.5 Å². The molecule has 0 aliphatic carbocycles. The van der Waals surface area contributed by atoms with Crippen LogP contribution in [0.15, 0.2) is 24.3 Å². The highest BCUT2D eigenvalue weighted by Crippen LogP contribution is 2.19. The highest BCUT2D eigenvalue weighted by Gasteiger charge is 2.11. The summed E-state index contributed by atoms with van der Waals surface area (Å²) in [6, 6.07) is 8.34. The Morgan fingerprint density at radius 3 is 2.75 bits per heavy atom. The highest BCUT2D eigenvalue weighted by atomic mass is 16.5. The fourth-order valence-electron chi connectivity index (χ4n) is 1.96. The minimum Gasteiger partial charge on any atom is -0.497 e. The number of hydrogen-bond acceptors (Lipinski definition) is 4. The second-order valence-corrected chi connectivity index (χ2v) is 4.70. The standard InChI is InChI=1S/C16H27NO3/c1-4-9-17-16(13-20-11-6-10-18-2)14-7-5-8-15(12-14)19-3/h5,7-8,12,16-17H,4,6,9-11,13H2,1-3H3. The lowest BCUT2D eigenvalue weighted by atomic mass is 10.1. The van der Waals surface area contributed by atoms with Crippen molar-refractivity contribution in [3.8, 4) is 5.75 Å². The van der Waals surface area contributed by atoms with Crippen molar-refractivity contribution in [1.82, 2.24) is 5.32 Å². The molecule has 4 heteroatoms. The van der Waals surface area contributed by atoms with Crippen LogP contribution in [0.3, 0.4) is 0 Å². The normalized spacial score (nSPS) is 12.3. The van der Waals surface area contributed by atoms with Gasteiger partial charge in [-0.15, -0.1) is 0 Å². The van der Waals surface area contributed by atoms with Crippen molar-refractivity contribution in [2.75, 3.05) is 40.6 Å². The topological polar surface area (TPSA) is 39.7 Å². The van der Waals surface area contributed by atoms with Crippen LogP contribution in [-0.4, -0.2) is 40.6 Å². The predicted molar refractivity (Wildman–Crippen MR) is 81.3 cm³/mol. The van der Waals surface area contributed by atoms with Crippen LogP contribution < -0.4 is 10.1 Å². The minimum atomic E-state index is 0.201. The minimum absolute atomic E-state index is 0.201. The van der Waals surface area contributed by atoms with E-state index in [9.17, 15) is 0 Å². The van der Waals surface area contributed by atoms with Crippen molar-refractivity contribution >= 4 is 0 Å². The molecular weight excluding hydrogens is 254 g/mol. The third-order valence-corrected chi connectivity index (χ3v) is 3.06. The quantitative estimate of drug-likeness (QED) is 0.633. The summed E-state index contributed by atoms with van der Waals surface area (Å²) in [5.41, 5.74) is 1.20. The maximum absolute atomic E-state index is 5.74. The van der Waals surface area contributed by atoms with Gasteiger partial charge in [0.25, 0.3) is 0 Å². The third-order valence-electron chi connectivity index (χ3n) is 3.06. The number of benzene rings is 1. The molecule has 0 fully saturated rings. The molecule has 1 unspecified atom stereocenters. The Balaban J connectivity index is 2.53. The van der Waals surface area contributed by atoms with Gasteiger partial charge in [0.2, 0.25) is 0 Å². The molecule has 1 rings (SSSR count). The molecule has 0 aliphatic heterocycles. The van der Waals surface area contributed by atoms with E-state index in [1.807, 2.05) is 12.1 Å². The van der Waals surface area contributed by atoms with E-state index in [1.54, 1.807) is 14.2 Å². The number of methoxy groups -OCH3 is 2. The van der Waals surface area contributed by atoms with Gasteiger partial charge in [0.15, 0.2) is 0 Å². The molecule has 1 aromatic rings. The van der Waals surface area contributed by atoms with Gasteiger partial charge in [0, 0.05) is 20.3 Å². The fourth-order valence-corrected chi connectivity index (χ4v) is 1.96. The van der Waals surface area contributed by atoms with E-state index in [0.717, 1.165) is 38.3 Å². The van der Waals surface area contributed by atoms with Crippen LogP contribution in [0.2, 0.25) is 0 Å². The SMILES string of the molecule is CCCNC(COCCCOC)c1cccc(OC)c1. The fraction of sp³-hybridized carbons (Fsp3) is 0.625. The Morgan fingerprint density at radius 2 is 2.05 bits per heavy atom. The first kappa shape index (κ1) is 17.0. The highest BCUT2D eigenvalue weighted by molar-refractivity contribution is 5.30. The molecule has 1 N–H and O–H groups in total. The van der Waals surface area contributed by atoms with E-state index in [1.165, 1.54) is 5.56 Å². The summed E-state index contributed by atoms with van der Waals surface area (Å²) >= 11 is 0. The van der Waals surface area contributed by atoms with Gasteiger partial charge >= 0.3 is 0 Å². The average Bonchev–Trinajstić information content (AvgIpc) is 2.50. The lowest BCUT2D eigenvalue weighted by Crippen LogP contribution is -2.26. The number of nitrogens with one attached hydrogen (secondary N) is 1. The molecule has 20 heavy (non-hydrogen) atoms. The first-order chi connectivity index (χ1) is 9.81. The van der Waals surface area contributed by atoms with Crippen LogP contribution in [0.25, 0.3) is 0 Å². The van der Waals surface area contributed by atoms with E-state index >= 15 is 0 Å². The molecule has 4 nitrogen and oxygen atoms in total. The molecule has 0 amide bonds. The molecule has 0 bridgehead atoms. The second kappa shape index (κ2) is 10.7. The van der Waals surface area contributed by atoms with Crippen LogP contribution >= 0.6 is 0 Å². The Labute approximate surface area is 122 Å². The van der Waals surface area contributed by atoms with Crippen LogP contribution in [0.4, 0.5) is 0 Å². The summed E-state index contributed by atoms with van der Waals surface area (Å²) in [7, 11) is 3.40. The molecule has 1 aromatic carbocycles. The summed E-state index contributed by atoms with van der Waals surface area (Å²) in [6.45, 7) is 5.27. The van der Waals surface area contributed by atoms with E-state index in [0.29, 0.717) is 6.61 Å². The molecular formula is C16H27NO3. The van der Waals surface area contributed by atoms with Crippen LogP contribution in [-0.2, 0) is 9.47 Å². The summed E-state index contributed by atoms with van der Waals surface area (Å²) in [4.78, 5) is 0. The number of ether oxygens (including phenoxy) is 3. The van der Waals surface area contributed by atoms with Gasteiger partial charge in [-0.1, -0.05) is 19.1 Å². The van der Waals surface area contributed by atoms with Crippen LogP contribution in [0.1, 0.15) is 31.4 Å². The Kier molecular flexibility index (Phi) is 9.04. The summed E-state index contributed by atoms with van der Waals surface area (Å²) in [5, 5.41) is 3.52. The van der Waals surface area contributed by atoms with Gasteiger partial charge in [-0.25, -0.2) is 0 Å². The largest absolute Gasteiger partial charge is 0.497 e. The van der Waals surface area contributed by atoms with E-state index < -0.39 is 0 Å². The Morgan fingerprint density at radius 1 is 1.20 bits per heavy atom. The van der Waals surface area contributed by atoms with Gasteiger partial charge in [-0.2, -0.15) is 0 Å². The zero-order valence-corrected chi connectivity index (χ0v) is 12.9. The van der Waals surface area contributed by atoms with Crippen LogP contribution in [0.5, 0.6) is 5.75 Å². The van der Waals surface area contributed by atoms with Crippen molar-refractivity contribution in [2.24, 2.45) is 0 Å². The van der Waals surface area contributed by atoms with Crippen LogP contribution in [0, 0.1) is 0 Å². The monoisotopic (exact) mass is 281 g/mol. The van der Waals surface area contributed by atoms with Crippen molar-refractivity contribution in [1.29, 1.82) is 0 Å². The molecule has 0 saturated carbocycles. The average molecular weight is 281 g/mol. The Bertz CT molecular complexity index is 357. The maximum atomic E-state index is 5.74. The number of rotatable bonds is 11. The smallest absolute Gasteiger partial charge is 0.119 e. The van der Waals surface area contributed by atoms with Gasteiger partial charge in [0.05, 0.1) is 19.8 Å². The molecule has 1 atom stereocenters. The molecule has 114 valence electrons. The Hall–Kier alpha value is -1.10. The van der Waals surface area contributed by atoms with E-state index in [-0.39, 0.29) is 6.04 Å². The lowest BCUT2D eigenvalue weighted by molar-refractivity contribution is 0.0874. The van der Waals surface area contributed by atoms with Gasteiger partial charge in [-0.05, 0) is 37.1 Å². The molecule has 0 aromatic heterocycles. The molecule has 0 spiro atoms. The van der Waals surface area contributed by atoms with Crippen molar-refractivity contribution in [2.45, 2.75) is 25.8 Å². The van der Waals surface area contributed by atoms with Gasteiger partial charge in [0.1, 0.15) is 5.75 Å². The first-order valence-electron chi connectivity index (χ1n) is 7.25. The summed E-state index contributed by atoms with van der Waals surface area (Å²) < 4.78 is 16.0. The maximum Gasteiger partial charge on any atom is 0.119 e. The van der Waals surface area contributed by atoms with E-state index in [4.69, 9.17) is 14.2 Å². The third kappa shape index (κ3) is 6.37. The molecule has 0 saturated heterocycles. The number of hydrogen-bond donors (Lipinski definition) is 1. The molecule has 0 radical (unpaired) electrons. The van der Waals surface area contributed by atoms with Crippen molar-refractivity contribution in [3.05, 3.63) is 29.8 Å². The molecule has 0 heterocycles. The van der Waals surface area contributed by atoms with Gasteiger partial charge in [-0.3, -0.25) is 0 Å². The predicted octanol–water partition coefficient (Wildman–Crippen LogP) is 2.79. The van der Waals surface area contributed by atoms with E-state index in [2.05, 4.69) is 24.4 Å². The summed E-state index contributed by atoms with van der Waals surface area (Å²) in [5.74, 6) is 0.880. The van der Waals surface area contributed by atoms with Crippen molar-refractivity contribution < 1.29 is 14.2 Å². The summed E-state index contributed by atoms with van der Waals surface area (Å²) in [6.07, 6.45) is 2.03. The second-order valence-electron chi connectivity index (χ2n) is 4.70. The zero-order chi connectivity index (χ0) is 14.6. The lowest BCUT2D eigenvalue weighted by Gasteiger charge is -2.19. The molecule has 0 aliphatic rings. The first-order valence-corrected chi connectivity index (χ1v) is 7.25. The van der Waals surface area contributed by atoms with Crippen molar-refractivity contribution in [3.63, 3.8) is 0 Å². The zero-order valence-electron chi connectivity index (χ0n) is 12.9.